The molecule has 4 nitrogen and oxygen atoms in total. The van der Waals surface area contributed by atoms with Crippen molar-refractivity contribution in [2.45, 2.75) is 37.6 Å². The van der Waals surface area contributed by atoms with E-state index in [0.717, 1.165) is 25.0 Å². The van der Waals surface area contributed by atoms with Crippen molar-refractivity contribution in [3.63, 3.8) is 0 Å². The fourth-order valence-electron chi connectivity index (χ4n) is 2.39. The standard InChI is InChI=1S/C11H17N3O/c1-11(4-3-8(12)7-11)9-10(15-2)14-6-5-13-9/h5-6,8H,3-4,7,12H2,1-2H3. The lowest BCUT2D eigenvalue weighted by atomic mass is 9.84. The number of ether oxygens (including phenoxy) is 1. The van der Waals surface area contributed by atoms with Gasteiger partial charge in [0.05, 0.1) is 7.11 Å². The third-order valence-corrected chi connectivity index (χ3v) is 3.21. The average molecular weight is 207 g/mol. The molecule has 1 aliphatic carbocycles. The van der Waals surface area contributed by atoms with Crippen LogP contribution in [0.15, 0.2) is 12.4 Å². The lowest BCUT2D eigenvalue weighted by molar-refractivity contribution is 0.362. The summed E-state index contributed by atoms with van der Waals surface area (Å²) in [4.78, 5) is 8.58. The number of hydrogen-bond donors (Lipinski definition) is 1. The van der Waals surface area contributed by atoms with Crippen LogP contribution in [-0.4, -0.2) is 23.1 Å². The summed E-state index contributed by atoms with van der Waals surface area (Å²) >= 11 is 0. The molecule has 0 spiro atoms. The first-order valence-corrected chi connectivity index (χ1v) is 5.27. The minimum absolute atomic E-state index is 0.0268. The van der Waals surface area contributed by atoms with Crippen molar-refractivity contribution in [2.24, 2.45) is 5.73 Å². The fourth-order valence-corrected chi connectivity index (χ4v) is 2.39. The molecule has 15 heavy (non-hydrogen) atoms. The Kier molecular flexibility index (Phi) is 2.61. The summed E-state index contributed by atoms with van der Waals surface area (Å²) < 4.78 is 5.24. The summed E-state index contributed by atoms with van der Waals surface area (Å²) in [5.41, 5.74) is 6.92. The van der Waals surface area contributed by atoms with Crippen molar-refractivity contribution >= 4 is 0 Å². The summed E-state index contributed by atoms with van der Waals surface area (Å²) in [6.07, 6.45) is 6.44. The zero-order valence-electron chi connectivity index (χ0n) is 9.23. The van der Waals surface area contributed by atoms with Gasteiger partial charge in [-0.25, -0.2) is 4.98 Å². The molecular formula is C11H17N3O. The summed E-state index contributed by atoms with van der Waals surface area (Å²) in [6, 6.07) is 0.279. The molecule has 2 N–H and O–H groups in total. The molecule has 4 heteroatoms. The molecular weight excluding hydrogens is 190 g/mol. The second kappa shape index (κ2) is 3.77. The number of nitrogens with zero attached hydrogens (tertiary/aromatic N) is 2. The van der Waals surface area contributed by atoms with Gasteiger partial charge in [-0.05, 0) is 19.3 Å². The van der Waals surface area contributed by atoms with Crippen LogP contribution in [0.5, 0.6) is 5.88 Å². The first kappa shape index (κ1) is 10.4. The van der Waals surface area contributed by atoms with Crippen LogP contribution in [0.4, 0.5) is 0 Å². The predicted molar refractivity (Wildman–Crippen MR) is 57.8 cm³/mol. The van der Waals surface area contributed by atoms with Crippen molar-refractivity contribution in [3.05, 3.63) is 18.1 Å². The molecule has 0 saturated heterocycles. The Morgan fingerprint density at radius 2 is 2.20 bits per heavy atom. The molecule has 1 aliphatic rings. The summed E-state index contributed by atoms with van der Waals surface area (Å²) in [6.45, 7) is 2.19. The number of nitrogens with two attached hydrogens (primary N) is 1. The van der Waals surface area contributed by atoms with Crippen molar-refractivity contribution < 1.29 is 4.74 Å². The Balaban J connectivity index is 2.36. The van der Waals surface area contributed by atoms with E-state index in [1.165, 1.54) is 0 Å². The van der Waals surface area contributed by atoms with E-state index in [-0.39, 0.29) is 11.5 Å². The van der Waals surface area contributed by atoms with Crippen LogP contribution in [-0.2, 0) is 5.41 Å². The SMILES string of the molecule is COc1nccnc1C1(C)CCC(N)C1. The number of hydrogen-bond acceptors (Lipinski definition) is 4. The smallest absolute Gasteiger partial charge is 0.235 e. The molecule has 0 bridgehead atoms. The van der Waals surface area contributed by atoms with Crippen molar-refractivity contribution in [3.8, 4) is 5.88 Å². The molecule has 0 radical (unpaired) electrons. The van der Waals surface area contributed by atoms with Gasteiger partial charge in [-0.3, -0.25) is 4.98 Å². The normalized spacial score (nSPS) is 30.5. The highest BCUT2D eigenvalue weighted by Gasteiger charge is 2.38. The van der Waals surface area contributed by atoms with Gasteiger partial charge in [0, 0.05) is 23.9 Å². The van der Waals surface area contributed by atoms with Gasteiger partial charge in [-0.1, -0.05) is 6.92 Å². The maximum absolute atomic E-state index is 5.95. The molecule has 1 heterocycles. The van der Waals surface area contributed by atoms with Gasteiger partial charge >= 0.3 is 0 Å². The second-order valence-corrected chi connectivity index (χ2v) is 4.48. The molecule has 2 unspecified atom stereocenters. The lowest BCUT2D eigenvalue weighted by Gasteiger charge is -2.24. The molecule has 0 aromatic carbocycles. The van der Waals surface area contributed by atoms with Crippen LogP contribution in [0.3, 0.4) is 0 Å². The molecule has 1 saturated carbocycles. The van der Waals surface area contributed by atoms with E-state index in [4.69, 9.17) is 10.5 Å². The fraction of sp³-hybridized carbons (Fsp3) is 0.636. The van der Waals surface area contributed by atoms with Gasteiger partial charge in [0.15, 0.2) is 0 Å². The van der Waals surface area contributed by atoms with Gasteiger partial charge in [-0.2, -0.15) is 0 Å². The van der Waals surface area contributed by atoms with Crippen molar-refractivity contribution in [1.29, 1.82) is 0 Å². The van der Waals surface area contributed by atoms with Crippen LogP contribution in [0.2, 0.25) is 0 Å². The van der Waals surface area contributed by atoms with Crippen LogP contribution < -0.4 is 10.5 Å². The van der Waals surface area contributed by atoms with Gasteiger partial charge in [-0.15, -0.1) is 0 Å². The molecule has 2 atom stereocenters. The van der Waals surface area contributed by atoms with Crippen LogP contribution in [0.25, 0.3) is 0 Å². The van der Waals surface area contributed by atoms with E-state index >= 15 is 0 Å². The number of methoxy groups -OCH3 is 1. The Morgan fingerprint density at radius 1 is 1.47 bits per heavy atom. The maximum Gasteiger partial charge on any atom is 0.235 e. The third kappa shape index (κ3) is 1.81. The molecule has 0 amide bonds. The monoisotopic (exact) mass is 207 g/mol. The van der Waals surface area contributed by atoms with Crippen LogP contribution >= 0.6 is 0 Å². The minimum Gasteiger partial charge on any atom is -0.480 e. The van der Waals surface area contributed by atoms with E-state index < -0.39 is 0 Å². The predicted octanol–water partition coefficient (Wildman–Crippen LogP) is 1.25. The first-order chi connectivity index (χ1) is 7.15. The largest absolute Gasteiger partial charge is 0.480 e. The van der Waals surface area contributed by atoms with Crippen LogP contribution in [0.1, 0.15) is 31.9 Å². The van der Waals surface area contributed by atoms with Crippen LogP contribution in [0, 0.1) is 0 Å². The van der Waals surface area contributed by atoms with E-state index in [0.29, 0.717) is 5.88 Å². The first-order valence-electron chi connectivity index (χ1n) is 5.27. The third-order valence-electron chi connectivity index (χ3n) is 3.21. The highest BCUT2D eigenvalue weighted by atomic mass is 16.5. The number of aromatic nitrogens is 2. The zero-order chi connectivity index (χ0) is 10.9. The lowest BCUT2D eigenvalue weighted by Crippen LogP contribution is -2.24. The summed E-state index contributed by atoms with van der Waals surface area (Å²) in [7, 11) is 1.63. The Hall–Kier alpha value is -1.16. The van der Waals surface area contributed by atoms with E-state index in [1.54, 1.807) is 19.5 Å². The molecule has 0 aliphatic heterocycles. The zero-order valence-corrected chi connectivity index (χ0v) is 9.23. The summed E-state index contributed by atoms with van der Waals surface area (Å²) in [5.74, 6) is 0.633. The van der Waals surface area contributed by atoms with Gasteiger partial charge in [0.1, 0.15) is 5.69 Å². The highest BCUT2D eigenvalue weighted by molar-refractivity contribution is 5.28. The Morgan fingerprint density at radius 3 is 2.80 bits per heavy atom. The van der Waals surface area contributed by atoms with Gasteiger partial charge in [0.2, 0.25) is 5.88 Å². The Labute approximate surface area is 89.9 Å². The minimum atomic E-state index is 0.0268. The van der Waals surface area contributed by atoms with Gasteiger partial charge < -0.3 is 10.5 Å². The average Bonchev–Trinajstić information content (AvgIpc) is 2.60. The molecule has 2 rings (SSSR count). The van der Waals surface area contributed by atoms with E-state index in [2.05, 4.69) is 16.9 Å². The molecule has 82 valence electrons. The maximum atomic E-state index is 5.95. The molecule has 1 aromatic heterocycles. The topological polar surface area (TPSA) is 61.0 Å². The van der Waals surface area contributed by atoms with E-state index in [1.807, 2.05) is 0 Å². The highest BCUT2D eigenvalue weighted by Crippen LogP contribution is 2.41. The van der Waals surface area contributed by atoms with Crippen molar-refractivity contribution in [1.82, 2.24) is 9.97 Å². The molecule has 1 aromatic rings. The summed E-state index contributed by atoms with van der Waals surface area (Å²) in [5, 5.41) is 0. The Bertz CT molecular complexity index is 355. The van der Waals surface area contributed by atoms with E-state index in [9.17, 15) is 0 Å². The quantitative estimate of drug-likeness (QED) is 0.793. The second-order valence-electron chi connectivity index (χ2n) is 4.48. The number of rotatable bonds is 2. The van der Waals surface area contributed by atoms with Gasteiger partial charge in [0.25, 0.3) is 0 Å². The van der Waals surface area contributed by atoms with Crippen molar-refractivity contribution in [2.75, 3.05) is 7.11 Å². The molecule has 1 fully saturated rings.